The molecule has 0 spiro atoms. The van der Waals surface area contributed by atoms with Crippen molar-refractivity contribution in [2.45, 2.75) is 32.0 Å². The first-order chi connectivity index (χ1) is 16.2. The average molecular weight is 460 g/mol. The Hall–Kier alpha value is -4.16. The molecule has 1 atom stereocenters. The molecule has 2 N–H and O–H groups in total. The predicted molar refractivity (Wildman–Crippen MR) is 125 cm³/mol. The fourth-order valence-electron chi connectivity index (χ4n) is 3.37. The Morgan fingerprint density at radius 1 is 1.26 bits per heavy atom. The molecule has 9 heteroatoms. The summed E-state index contributed by atoms with van der Waals surface area (Å²) in [5.74, 6) is 5.19. The maximum atomic E-state index is 13.1. The molecule has 174 valence electrons. The van der Waals surface area contributed by atoms with Crippen molar-refractivity contribution in [3.05, 3.63) is 71.8 Å². The summed E-state index contributed by atoms with van der Waals surface area (Å²) in [7, 11) is 1.61. The van der Waals surface area contributed by atoms with E-state index < -0.39 is 17.6 Å². The number of likely N-dealkylation sites (N-methyl/N-ethyl adjacent to an activating group) is 1. The van der Waals surface area contributed by atoms with Gasteiger partial charge in [0.1, 0.15) is 30.3 Å². The molecule has 0 fully saturated rings. The molecule has 9 nitrogen and oxygen atoms in total. The first kappa shape index (κ1) is 23.0. The number of aromatic nitrogens is 3. The van der Waals surface area contributed by atoms with Crippen LogP contribution in [0.4, 0.5) is 5.69 Å². The number of anilines is 1. The van der Waals surface area contributed by atoms with E-state index in [1.54, 1.807) is 43.8 Å². The van der Waals surface area contributed by atoms with Crippen LogP contribution >= 0.6 is 0 Å². The number of rotatable bonds is 4. The van der Waals surface area contributed by atoms with Gasteiger partial charge in [0.25, 0.3) is 11.8 Å². The van der Waals surface area contributed by atoms with E-state index in [9.17, 15) is 14.7 Å². The van der Waals surface area contributed by atoms with Crippen LogP contribution in [0.15, 0.2) is 54.9 Å². The van der Waals surface area contributed by atoms with Crippen molar-refractivity contribution in [2.24, 2.45) is 0 Å². The number of ether oxygens (including phenoxy) is 1. The molecular formula is C25H25N5O4. The van der Waals surface area contributed by atoms with Crippen LogP contribution in [0.25, 0.3) is 0 Å². The minimum absolute atomic E-state index is 0.0303. The molecule has 2 amide bonds. The summed E-state index contributed by atoms with van der Waals surface area (Å²) < 4.78 is 7.37. The zero-order valence-corrected chi connectivity index (χ0v) is 19.1. The van der Waals surface area contributed by atoms with Gasteiger partial charge < -0.3 is 20.1 Å². The van der Waals surface area contributed by atoms with Crippen LogP contribution in [0, 0.1) is 11.8 Å². The second-order valence-corrected chi connectivity index (χ2v) is 8.48. The van der Waals surface area contributed by atoms with Crippen molar-refractivity contribution in [3.8, 4) is 17.6 Å². The van der Waals surface area contributed by atoms with Crippen LogP contribution in [-0.4, -0.2) is 57.0 Å². The highest BCUT2D eigenvalue weighted by atomic mass is 16.5. The Labute approximate surface area is 197 Å². The number of fused-ring (bicyclic) bond motifs is 1. The maximum Gasteiger partial charge on any atom is 0.291 e. The highest BCUT2D eigenvalue weighted by molar-refractivity contribution is 6.02. The summed E-state index contributed by atoms with van der Waals surface area (Å²) in [5.41, 5.74) is 1.04. The second kappa shape index (κ2) is 9.37. The zero-order valence-electron chi connectivity index (χ0n) is 19.1. The van der Waals surface area contributed by atoms with Crippen LogP contribution in [0.1, 0.15) is 35.6 Å². The predicted octanol–water partition coefficient (Wildman–Crippen LogP) is 1.60. The number of hydrogen-bond donors (Lipinski definition) is 2. The molecule has 2 aromatic carbocycles. The lowest BCUT2D eigenvalue weighted by Crippen LogP contribution is -2.49. The largest absolute Gasteiger partial charge is 0.489 e. The minimum Gasteiger partial charge on any atom is -0.489 e. The third-order valence-corrected chi connectivity index (χ3v) is 5.10. The third kappa shape index (κ3) is 5.42. The van der Waals surface area contributed by atoms with Crippen molar-refractivity contribution in [1.82, 2.24) is 20.1 Å². The van der Waals surface area contributed by atoms with E-state index in [2.05, 4.69) is 27.2 Å². The van der Waals surface area contributed by atoms with Crippen molar-refractivity contribution in [3.63, 3.8) is 0 Å². The Balaban J connectivity index is 1.46. The third-order valence-electron chi connectivity index (χ3n) is 5.10. The molecule has 3 aromatic rings. The summed E-state index contributed by atoms with van der Waals surface area (Å²) >= 11 is 0. The Morgan fingerprint density at radius 2 is 2.03 bits per heavy atom. The topological polar surface area (TPSA) is 110 Å². The van der Waals surface area contributed by atoms with Crippen molar-refractivity contribution < 1.29 is 19.4 Å². The van der Waals surface area contributed by atoms with Gasteiger partial charge in [0.05, 0.1) is 12.2 Å². The van der Waals surface area contributed by atoms with Gasteiger partial charge in [-0.25, -0.2) is 9.67 Å². The highest BCUT2D eigenvalue weighted by Crippen LogP contribution is 2.31. The molecule has 0 unspecified atom stereocenters. The van der Waals surface area contributed by atoms with E-state index in [-0.39, 0.29) is 18.3 Å². The van der Waals surface area contributed by atoms with E-state index in [0.29, 0.717) is 23.5 Å². The van der Waals surface area contributed by atoms with E-state index in [1.165, 1.54) is 11.2 Å². The normalized spacial score (nSPS) is 15.5. The average Bonchev–Trinajstić information content (AvgIpc) is 3.24. The van der Waals surface area contributed by atoms with E-state index in [0.717, 1.165) is 5.56 Å². The molecule has 0 bridgehead atoms. The maximum absolute atomic E-state index is 13.1. The number of carbonyl (C=O) groups is 2. The first-order valence-electron chi connectivity index (χ1n) is 10.7. The number of hydrogen-bond acceptors (Lipinski definition) is 6. The number of benzene rings is 2. The van der Waals surface area contributed by atoms with Gasteiger partial charge in [0.2, 0.25) is 5.82 Å². The minimum atomic E-state index is -1.14. The number of carbonyl (C=O) groups excluding carboxylic acids is 2. The first-order valence-corrected chi connectivity index (χ1v) is 10.7. The Kier molecular flexibility index (Phi) is 6.34. The molecule has 1 aliphatic heterocycles. The molecule has 0 radical (unpaired) electrons. The number of aliphatic hydroxyl groups is 1. The quantitative estimate of drug-likeness (QED) is 0.574. The summed E-state index contributed by atoms with van der Waals surface area (Å²) in [6.07, 6.45) is 1.48. The number of nitrogens with zero attached hydrogens (tertiary/aromatic N) is 4. The highest BCUT2D eigenvalue weighted by Gasteiger charge is 2.31. The zero-order chi connectivity index (χ0) is 24.3. The molecule has 0 saturated heterocycles. The summed E-state index contributed by atoms with van der Waals surface area (Å²) in [4.78, 5) is 31.3. The van der Waals surface area contributed by atoms with Crippen LogP contribution in [0.5, 0.6) is 5.75 Å². The van der Waals surface area contributed by atoms with Gasteiger partial charge in [-0.2, -0.15) is 0 Å². The Morgan fingerprint density at radius 3 is 2.76 bits per heavy atom. The SMILES string of the molecule is CN1C(=O)[C@H](NC(=O)c2ncn(Cc3ccccc3)n2)COc2ccc(C#CC(C)(C)O)cc21. The van der Waals surface area contributed by atoms with Crippen LogP contribution < -0.4 is 15.0 Å². The van der Waals surface area contributed by atoms with Crippen molar-refractivity contribution in [2.75, 3.05) is 18.6 Å². The van der Waals surface area contributed by atoms with Gasteiger partial charge in [-0.05, 0) is 37.6 Å². The lowest BCUT2D eigenvalue weighted by Gasteiger charge is -2.20. The molecular weight excluding hydrogens is 434 g/mol. The van der Waals surface area contributed by atoms with Gasteiger partial charge in [-0.1, -0.05) is 42.2 Å². The van der Waals surface area contributed by atoms with Crippen molar-refractivity contribution >= 4 is 17.5 Å². The summed E-state index contributed by atoms with van der Waals surface area (Å²) in [6.45, 7) is 3.62. The fraction of sp³-hybridized carbons (Fsp3) is 0.280. The van der Waals surface area contributed by atoms with Gasteiger partial charge >= 0.3 is 0 Å². The van der Waals surface area contributed by atoms with Crippen LogP contribution in [0.3, 0.4) is 0 Å². The van der Waals surface area contributed by atoms with E-state index >= 15 is 0 Å². The second-order valence-electron chi connectivity index (χ2n) is 8.48. The molecule has 0 aliphatic carbocycles. The summed E-state index contributed by atoms with van der Waals surface area (Å²) in [5, 5.41) is 16.7. The molecule has 0 saturated carbocycles. The molecule has 34 heavy (non-hydrogen) atoms. The lowest BCUT2D eigenvalue weighted by atomic mass is 10.1. The molecule has 4 rings (SSSR count). The van der Waals surface area contributed by atoms with Gasteiger partial charge in [0.15, 0.2) is 0 Å². The molecule has 2 heterocycles. The number of amides is 2. The van der Waals surface area contributed by atoms with Crippen LogP contribution in [-0.2, 0) is 11.3 Å². The van der Waals surface area contributed by atoms with Crippen molar-refractivity contribution in [1.29, 1.82) is 0 Å². The standard InChI is InChI=1S/C25H25N5O4/c1-25(2,33)12-11-17-9-10-21-20(13-17)29(3)24(32)19(15-34-21)27-23(31)22-26-16-30(28-22)14-18-7-5-4-6-8-18/h4-10,13,16,19,33H,14-15H2,1-3H3,(H,27,31)/t19-/m1/s1. The number of nitrogens with one attached hydrogen (secondary N) is 1. The molecule has 1 aromatic heterocycles. The summed E-state index contributed by atoms with van der Waals surface area (Å²) in [6, 6.07) is 13.9. The van der Waals surface area contributed by atoms with Crippen LogP contribution in [0.2, 0.25) is 0 Å². The van der Waals surface area contributed by atoms with Gasteiger partial charge in [-0.3, -0.25) is 9.59 Å². The lowest BCUT2D eigenvalue weighted by molar-refractivity contribution is -0.120. The molecule has 1 aliphatic rings. The smallest absolute Gasteiger partial charge is 0.291 e. The van der Waals surface area contributed by atoms with Gasteiger partial charge in [-0.15, -0.1) is 5.10 Å². The fourth-order valence-corrected chi connectivity index (χ4v) is 3.37. The van der Waals surface area contributed by atoms with Gasteiger partial charge in [0, 0.05) is 12.6 Å². The van der Waals surface area contributed by atoms with E-state index in [4.69, 9.17) is 4.74 Å². The van der Waals surface area contributed by atoms with E-state index in [1.807, 2.05) is 30.3 Å². The monoisotopic (exact) mass is 459 g/mol. The Bertz CT molecular complexity index is 1270.